The van der Waals surface area contributed by atoms with Crippen LogP contribution < -0.4 is 10.6 Å². The van der Waals surface area contributed by atoms with E-state index in [1.54, 1.807) is 4.90 Å². The fraction of sp³-hybridized carbons (Fsp3) is 0.833. The first kappa shape index (κ1) is 17.9. The summed E-state index contributed by atoms with van der Waals surface area (Å²) in [6, 6.07) is 0.402. The van der Waals surface area contributed by atoms with E-state index in [1.165, 1.54) is 0 Å². The van der Waals surface area contributed by atoms with Crippen LogP contribution in [0.5, 0.6) is 0 Å². The third-order valence-corrected chi connectivity index (χ3v) is 8.23. The Balaban J connectivity index is 1.21. The first-order chi connectivity index (χ1) is 12.5. The molecule has 26 heavy (non-hydrogen) atoms. The highest BCUT2D eigenvalue weighted by Gasteiger charge is 2.55. The van der Waals surface area contributed by atoms with E-state index in [1.807, 2.05) is 11.8 Å². The molecule has 4 aliphatic rings. The predicted octanol–water partition coefficient (Wildman–Crippen LogP) is 1.43. The van der Waals surface area contributed by atoms with Gasteiger partial charge in [-0.1, -0.05) is 12.8 Å². The molecule has 3 aliphatic heterocycles. The number of nitrogens with zero attached hydrogens (tertiary/aromatic N) is 1. The highest BCUT2D eigenvalue weighted by Crippen LogP contribution is 2.49. The van der Waals surface area contributed by atoms with Gasteiger partial charge in [0.05, 0.1) is 17.5 Å². The maximum Gasteiger partial charge on any atom is 0.315 e. The maximum absolute atomic E-state index is 12.5. The lowest BCUT2D eigenvalue weighted by Gasteiger charge is -2.23. The monoisotopic (exact) mass is 381 g/mol. The van der Waals surface area contributed by atoms with E-state index in [0.29, 0.717) is 31.2 Å². The van der Waals surface area contributed by atoms with E-state index in [0.717, 1.165) is 37.9 Å². The Morgan fingerprint density at radius 2 is 2.15 bits per heavy atom. The van der Waals surface area contributed by atoms with Gasteiger partial charge in [0, 0.05) is 30.5 Å². The molecule has 7 nitrogen and oxygen atoms in total. The van der Waals surface area contributed by atoms with Gasteiger partial charge in [-0.2, -0.15) is 11.8 Å². The standard InChI is InChI=1S/C18H27N3O4S/c22-14(21-8-11-4-3-7-18(11,10-21)16(23)24)6-2-1-5-13-15-12(9-26-13)19-17(25)20-15/h11-13,15H,1-10H2,(H,23,24)(H2,19,20,25)/t11-,12-,13-,15-,18+/m0/s1. The molecular weight excluding hydrogens is 354 g/mol. The van der Waals surface area contributed by atoms with E-state index in [-0.39, 0.29) is 29.9 Å². The largest absolute Gasteiger partial charge is 0.481 e. The summed E-state index contributed by atoms with van der Waals surface area (Å²) in [6.45, 7) is 1.01. The summed E-state index contributed by atoms with van der Waals surface area (Å²) in [4.78, 5) is 37.4. The molecule has 0 aromatic rings. The Bertz CT molecular complexity index is 615. The first-order valence-electron chi connectivity index (χ1n) is 9.69. The van der Waals surface area contributed by atoms with Crippen LogP contribution in [0.2, 0.25) is 0 Å². The van der Waals surface area contributed by atoms with Gasteiger partial charge in [-0.25, -0.2) is 4.79 Å². The van der Waals surface area contributed by atoms with Gasteiger partial charge in [0.25, 0.3) is 0 Å². The van der Waals surface area contributed by atoms with Crippen LogP contribution in [-0.2, 0) is 9.59 Å². The predicted molar refractivity (Wildman–Crippen MR) is 97.9 cm³/mol. The number of urea groups is 1. The second-order valence-electron chi connectivity index (χ2n) is 8.19. The number of thioether (sulfide) groups is 1. The lowest BCUT2D eigenvalue weighted by Crippen LogP contribution is -2.37. The summed E-state index contributed by atoms with van der Waals surface area (Å²) < 4.78 is 0. The lowest BCUT2D eigenvalue weighted by molar-refractivity contribution is -0.149. The summed E-state index contributed by atoms with van der Waals surface area (Å²) in [5.41, 5.74) is -0.682. The minimum Gasteiger partial charge on any atom is -0.481 e. The van der Waals surface area contributed by atoms with Crippen molar-refractivity contribution >= 4 is 29.7 Å². The smallest absolute Gasteiger partial charge is 0.315 e. The Morgan fingerprint density at radius 3 is 2.92 bits per heavy atom. The van der Waals surface area contributed by atoms with Gasteiger partial charge in [-0.15, -0.1) is 0 Å². The number of unbranched alkanes of at least 4 members (excludes halogenated alkanes) is 1. The minimum absolute atomic E-state index is 0.0626. The van der Waals surface area contributed by atoms with Gasteiger partial charge in [0.1, 0.15) is 0 Å². The number of hydrogen-bond acceptors (Lipinski definition) is 4. The molecule has 1 aliphatic carbocycles. The molecule has 0 bridgehead atoms. The topological polar surface area (TPSA) is 98.7 Å². The van der Waals surface area contributed by atoms with E-state index in [2.05, 4.69) is 10.6 Å². The van der Waals surface area contributed by atoms with Crippen LogP contribution in [0.3, 0.4) is 0 Å². The highest BCUT2D eigenvalue weighted by atomic mass is 32.2. The molecule has 0 spiro atoms. The zero-order valence-corrected chi connectivity index (χ0v) is 15.7. The van der Waals surface area contributed by atoms with Gasteiger partial charge in [0.15, 0.2) is 0 Å². The van der Waals surface area contributed by atoms with Crippen molar-refractivity contribution in [3.63, 3.8) is 0 Å². The number of rotatable bonds is 6. The van der Waals surface area contributed by atoms with E-state index < -0.39 is 11.4 Å². The summed E-state index contributed by atoms with van der Waals surface area (Å²) in [7, 11) is 0. The van der Waals surface area contributed by atoms with Crippen LogP contribution in [0.1, 0.15) is 44.9 Å². The van der Waals surface area contributed by atoms with Gasteiger partial charge in [0.2, 0.25) is 5.91 Å². The van der Waals surface area contributed by atoms with Crippen molar-refractivity contribution in [2.24, 2.45) is 11.3 Å². The molecule has 3 N–H and O–H groups in total. The Morgan fingerprint density at radius 1 is 1.31 bits per heavy atom. The minimum atomic E-state index is -0.727. The molecule has 8 heteroatoms. The van der Waals surface area contributed by atoms with Gasteiger partial charge < -0.3 is 20.6 Å². The number of fused-ring (bicyclic) bond motifs is 2. The van der Waals surface area contributed by atoms with Gasteiger partial charge in [-0.05, 0) is 31.6 Å². The normalized spacial score (nSPS) is 38.0. The number of likely N-dealkylation sites (tertiary alicyclic amines) is 1. The van der Waals surface area contributed by atoms with E-state index in [9.17, 15) is 19.5 Å². The zero-order valence-electron chi connectivity index (χ0n) is 14.9. The fourth-order valence-electron chi connectivity index (χ4n) is 5.25. The molecular formula is C18H27N3O4S. The lowest BCUT2D eigenvalue weighted by atomic mass is 9.81. The average molecular weight is 381 g/mol. The SMILES string of the molecule is O=C1N[C@H]2[C@H](CS[C@H]2CCCCC(=O)N2C[C@@H]3CCC[C@@]3(C(=O)O)C2)N1. The Kier molecular flexibility index (Phi) is 4.79. The summed E-state index contributed by atoms with van der Waals surface area (Å²) >= 11 is 1.90. The van der Waals surface area contributed by atoms with Crippen LogP contribution in [0.15, 0.2) is 0 Å². The van der Waals surface area contributed by atoms with Gasteiger partial charge >= 0.3 is 12.0 Å². The first-order valence-corrected chi connectivity index (χ1v) is 10.7. The summed E-state index contributed by atoms with van der Waals surface area (Å²) in [5.74, 6) is 0.469. The number of nitrogens with one attached hydrogen (secondary N) is 2. The molecule has 5 atom stereocenters. The molecule has 3 amide bonds. The van der Waals surface area contributed by atoms with E-state index >= 15 is 0 Å². The Hall–Kier alpha value is -1.44. The van der Waals surface area contributed by atoms with Crippen molar-refractivity contribution in [3.05, 3.63) is 0 Å². The third-order valence-electron chi connectivity index (χ3n) is 6.72. The number of carboxylic acid groups (broad SMARTS) is 1. The summed E-state index contributed by atoms with van der Waals surface area (Å²) in [5, 5.41) is 16.0. The molecule has 0 aromatic carbocycles. The van der Waals surface area contributed by atoms with E-state index in [4.69, 9.17) is 0 Å². The van der Waals surface area contributed by atoms with Crippen LogP contribution in [0.4, 0.5) is 4.79 Å². The zero-order chi connectivity index (χ0) is 18.3. The van der Waals surface area contributed by atoms with Crippen molar-refractivity contribution in [2.45, 2.75) is 62.3 Å². The molecule has 4 rings (SSSR count). The molecule has 3 saturated heterocycles. The molecule has 0 unspecified atom stereocenters. The quantitative estimate of drug-likeness (QED) is 0.477. The second-order valence-corrected chi connectivity index (χ2v) is 9.46. The maximum atomic E-state index is 12.5. The number of aliphatic carboxylic acids is 1. The highest BCUT2D eigenvalue weighted by molar-refractivity contribution is 8.00. The molecule has 1 saturated carbocycles. The van der Waals surface area contributed by atoms with Crippen molar-refractivity contribution in [2.75, 3.05) is 18.8 Å². The molecule has 144 valence electrons. The number of hydrogen-bond donors (Lipinski definition) is 3. The summed E-state index contributed by atoms with van der Waals surface area (Å²) in [6.07, 6.45) is 5.89. The molecule has 0 radical (unpaired) electrons. The average Bonchev–Trinajstić information content (AvgIpc) is 3.30. The van der Waals surface area contributed by atoms with Crippen LogP contribution in [0.25, 0.3) is 0 Å². The molecule has 4 fully saturated rings. The van der Waals surface area contributed by atoms with Gasteiger partial charge in [-0.3, -0.25) is 9.59 Å². The van der Waals surface area contributed by atoms with Crippen LogP contribution >= 0.6 is 11.8 Å². The van der Waals surface area contributed by atoms with Crippen molar-refractivity contribution < 1.29 is 19.5 Å². The number of amides is 3. The second kappa shape index (κ2) is 6.94. The molecule has 3 heterocycles. The van der Waals surface area contributed by atoms with Crippen molar-refractivity contribution in [3.8, 4) is 0 Å². The number of carboxylic acids is 1. The Labute approximate surface area is 157 Å². The third kappa shape index (κ3) is 3.06. The molecule has 0 aromatic heterocycles. The van der Waals surface area contributed by atoms with Crippen LogP contribution in [0, 0.1) is 11.3 Å². The van der Waals surface area contributed by atoms with Crippen molar-refractivity contribution in [1.82, 2.24) is 15.5 Å². The number of carbonyl (C=O) groups is 3. The van der Waals surface area contributed by atoms with Crippen molar-refractivity contribution in [1.29, 1.82) is 0 Å². The fourth-order valence-corrected chi connectivity index (χ4v) is 6.80. The van der Waals surface area contributed by atoms with Crippen LogP contribution in [-0.4, -0.2) is 64.1 Å². The number of carbonyl (C=O) groups excluding carboxylic acids is 2.